The van der Waals surface area contributed by atoms with E-state index in [-0.39, 0.29) is 76.4 Å². The Morgan fingerprint density at radius 1 is 0.727 bits per heavy atom. The van der Waals surface area contributed by atoms with Crippen LogP contribution in [0.15, 0.2) is 11.6 Å². The average Bonchev–Trinajstić information content (AvgIpc) is 3.99. The van der Waals surface area contributed by atoms with E-state index in [0.717, 1.165) is 79.7 Å². The summed E-state index contributed by atoms with van der Waals surface area (Å²) >= 11 is 0. The van der Waals surface area contributed by atoms with Crippen molar-refractivity contribution in [2.45, 2.75) is 211 Å². The molecule has 12 aliphatic rings. The minimum Gasteiger partial charge on any atom is -0.392 e. The van der Waals surface area contributed by atoms with Gasteiger partial charge in [0.1, 0.15) is 17.5 Å². The summed E-state index contributed by atoms with van der Waals surface area (Å²) in [6, 6.07) is 0. The van der Waals surface area contributed by atoms with Crippen molar-refractivity contribution in [2.24, 2.45) is 74.9 Å². The van der Waals surface area contributed by atoms with E-state index >= 15 is 0 Å². The molecule has 0 radical (unpaired) electrons. The Hall–Kier alpha value is -1.87. The van der Waals surface area contributed by atoms with E-state index in [9.17, 15) is 30.3 Å². The van der Waals surface area contributed by atoms with Crippen LogP contribution in [0.2, 0.25) is 0 Å². The SMILES string of the molecule is CC1[C@@]2(CC[C@](C)(O)CO2)O[C@H]2C=C3C4[C@@H](O)C[C@H]5Cc6nc7c(nc6C[C@]5(C)[C@H]4C[C@@H](O)[C@]3(C)[C@@]12O)C[C@@H]1CCC2[C@H](CC(=O)[C@]23C[C@@H]2OC4(CCC(C)(C)O4)[C@@H](C)[C@@H]2[C@]3(C)O)[C@@]1(C)C7. The number of aliphatic hydroxyl groups is 5. The Balaban J connectivity index is 0.773. The Bertz CT molecular complexity index is 2340. The maximum Gasteiger partial charge on any atom is 0.174 e. The van der Waals surface area contributed by atoms with E-state index in [1.807, 2.05) is 26.8 Å². The lowest BCUT2D eigenvalue weighted by molar-refractivity contribution is -0.289. The van der Waals surface area contributed by atoms with Gasteiger partial charge in [-0.3, -0.25) is 14.8 Å². The molecule has 66 heavy (non-hydrogen) atoms. The standard InChI is InChI=1S/C54H76N2O10/c1-26-44-39(64-52(26)14-12-45(3,4)66-52)24-51(50(44,9)61)30-11-10-28-16-34-36(22-47(28,6)31(30)19-41(51)59)56-35-17-29-18-38(57)43-32(48(29,7)23-37(35)55-34)20-40(58)49(8)33(43)21-42-54(49,62)27(2)53(65-42)15-13-46(5,60)25-63-53/h21,26-32,38-40,42-44,57-58,60-62H,10-20,22-25H2,1-9H3/t26-,27?,28-,29+,30?,31-,32-,38-,39-,40+,42-,43?,44-,46-,47-,48-,49+,50-,51-,52?,53+,54+/m0/s1. The molecule has 9 fully saturated rings. The van der Waals surface area contributed by atoms with Crippen molar-refractivity contribution in [2.75, 3.05) is 6.61 Å². The Morgan fingerprint density at radius 2 is 1.39 bits per heavy atom. The summed E-state index contributed by atoms with van der Waals surface area (Å²) in [5.74, 6) is -1.71. The Kier molecular flexibility index (Phi) is 8.66. The number of rotatable bonds is 0. The molecule has 1 aromatic heterocycles. The third-order valence-electron chi connectivity index (χ3n) is 23.5. The van der Waals surface area contributed by atoms with Gasteiger partial charge in [0.2, 0.25) is 0 Å². The van der Waals surface area contributed by atoms with Crippen molar-refractivity contribution >= 4 is 5.78 Å². The summed E-state index contributed by atoms with van der Waals surface area (Å²) in [6.07, 6.45) is 9.36. The van der Waals surface area contributed by atoms with Crippen molar-refractivity contribution in [3.05, 3.63) is 34.4 Å². The minimum absolute atomic E-state index is 0.0157. The second-order valence-electron chi connectivity index (χ2n) is 26.8. The molecule has 4 unspecified atom stereocenters. The van der Waals surface area contributed by atoms with Gasteiger partial charge >= 0.3 is 0 Å². The number of hydrogen-bond donors (Lipinski definition) is 5. The average molecular weight is 913 g/mol. The van der Waals surface area contributed by atoms with Crippen molar-refractivity contribution < 1.29 is 49.3 Å². The lowest BCUT2D eigenvalue weighted by Gasteiger charge is -2.62. The molecule has 4 saturated heterocycles. The highest BCUT2D eigenvalue weighted by Gasteiger charge is 2.80. The molecule has 0 bridgehead atoms. The van der Waals surface area contributed by atoms with Crippen LogP contribution in [0.5, 0.6) is 0 Å². The van der Waals surface area contributed by atoms with Gasteiger partial charge in [-0.1, -0.05) is 46.3 Å². The van der Waals surface area contributed by atoms with Crippen LogP contribution in [0.3, 0.4) is 0 Å². The third-order valence-corrected chi connectivity index (χ3v) is 23.5. The summed E-state index contributed by atoms with van der Waals surface area (Å²) < 4.78 is 26.5. The monoisotopic (exact) mass is 913 g/mol. The van der Waals surface area contributed by atoms with Gasteiger partial charge < -0.3 is 44.5 Å². The molecule has 5 heterocycles. The van der Waals surface area contributed by atoms with Crippen molar-refractivity contribution in [1.82, 2.24) is 9.97 Å². The third kappa shape index (κ3) is 5.02. The number of nitrogens with zero attached hydrogens (tertiary/aromatic N) is 2. The van der Waals surface area contributed by atoms with Gasteiger partial charge in [0.05, 0.1) is 69.9 Å². The highest BCUT2D eigenvalue weighted by molar-refractivity contribution is 5.90. The van der Waals surface area contributed by atoms with Gasteiger partial charge in [-0.05, 0) is 139 Å². The van der Waals surface area contributed by atoms with Crippen LogP contribution in [-0.4, -0.2) is 106 Å². The number of hydrogen-bond acceptors (Lipinski definition) is 12. The van der Waals surface area contributed by atoms with Crippen LogP contribution in [0.4, 0.5) is 0 Å². The van der Waals surface area contributed by atoms with E-state index in [1.54, 1.807) is 6.92 Å². The predicted molar refractivity (Wildman–Crippen MR) is 240 cm³/mol. The zero-order valence-corrected chi connectivity index (χ0v) is 40.9. The lowest BCUT2D eigenvalue weighted by atomic mass is 9.44. The lowest BCUT2D eigenvalue weighted by Crippen LogP contribution is -2.66. The molecule has 13 rings (SSSR count). The topological polar surface area (TPSA) is 181 Å². The Morgan fingerprint density at radius 3 is 2.03 bits per heavy atom. The smallest absolute Gasteiger partial charge is 0.174 e. The van der Waals surface area contributed by atoms with Gasteiger partial charge in [0, 0.05) is 48.3 Å². The molecular weight excluding hydrogens is 837 g/mol. The number of aromatic nitrogens is 2. The second kappa shape index (κ2) is 13.0. The summed E-state index contributed by atoms with van der Waals surface area (Å²) in [5, 5.41) is 61.3. The highest BCUT2D eigenvalue weighted by Crippen LogP contribution is 2.74. The molecule has 0 aromatic carbocycles. The summed E-state index contributed by atoms with van der Waals surface area (Å²) in [4.78, 5) is 25.9. The number of Topliss-reactive ketones (excluding diaryl/α,β-unsaturated/α-hetero) is 1. The molecule has 4 aliphatic heterocycles. The van der Waals surface area contributed by atoms with E-state index in [4.69, 9.17) is 28.9 Å². The van der Waals surface area contributed by atoms with Crippen LogP contribution in [-0.2, 0) is 49.4 Å². The molecule has 1 aromatic rings. The van der Waals surface area contributed by atoms with Gasteiger partial charge in [0.25, 0.3) is 0 Å². The number of carbonyl (C=O) groups excluding carboxylic acids is 1. The quantitative estimate of drug-likeness (QED) is 0.200. The minimum atomic E-state index is -1.44. The van der Waals surface area contributed by atoms with Gasteiger partial charge in [-0.25, -0.2) is 0 Å². The van der Waals surface area contributed by atoms with E-state index in [2.05, 4.69) is 34.6 Å². The van der Waals surface area contributed by atoms with Gasteiger partial charge in [-0.15, -0.1) is 0 Å². The van der Waals surface area contributed by atoms with Crippen LogP contribution in [0.25, 0.3) is 0 Å². The largest absolute Gasteiger partial charge is 0.392 e. The van der Waals surface area contributed by atoms with Crippen molar-refractivity contribution in [1.29, 1.82) is 0 Å². The molecule has 3 spiro atoms. The fraction of sp³-hybridized carbons (Fsp3) is 0.870. The number of ether oxygens (including phenoxy) is 4. The summed E-state index contributed by atoms with van der Waals surface area (Å²) in [6.45, 7) is 19.0. The van der Waals surface area contributed by atoms with Crippen molar-refractivity contribution in [3.8, 4) is 0 Å². The normalized spacial score (nSPS) is 59.2. The molecule has 5 saturated carbocycles. The van der Waals surface area contributed by atoms with Gasteiger partial charge in [-0.2, -0.15) is 0 Å². The molecular formula is C54H76N2O10. The number of carbonyl (C=O) groups is 1. The molecule has 8 aliphatic carbocycles. The zero-order valence-electron chi connectivity index (χ0n) is 40.9. The van der Waals surface area contributed by atoms with E-state index in [0.29, 0.717) is 44.4 Å². The zero-order chi connectivity index (χ0) is 46.5. The molecule has 12 heteroatoms. The summed E-state index contributed by atoms with van der Waals surface area (Å²) in [5.41, 5.74) is -0.991. The van der Waals surface area contributed by atoms with Crippen LogP contribution in [0, 0.1) is 74.9 Å². The molecule has 12 nitrogen and oxygen atoms in total. The fourth-order valence-corrected chi connectivity index (χ4v) is 19.7. The van der Waals surface area contributed by atoms with Crippen LogP contribution < -0.4 is 0 Å². The molecule has 5 N–H and O–H groups in total. The maximum absolute atomic E-state index is 14.8. The molecule has 0 amide bonds. The van der Waals surface area contributed by atoms with Crippen LogP contribution in [0.1, 0.15) is 149 Å². The first-order valence-corrected chi connectivity index (χ1v) is 26.2. The van der Waals surface area contributed by atoms with Crippen LogP contribution >= 0.6 is 0 Å². The Labute approximate surface area is 390 Å². The predicted octanol–water partition coefficient (Wildman–Crippen LogP) is 5.73. The second-order valence-corrected chi connectivity index (χ2v) is 26.8. The molecule has 362 valence electrons. The first-order chi connectivity index (χ1) is 30.8. The first-order valence-electron chi connectivity index (χ1n) is 26.2. The highest BCUT2D eigenvalue weighted by atomic mass is 16.7. The summed E-state index contributed by atoms with van der Waals surface area (Å²) in [7, 11) is 0. The van der Waals surface area contributed by atoms with Crippen molar-refractivity contribution in [3.63, 3.8) is 0 Å². The first kappa shape index (κ1) is 44.1. The molecule has 22 atom stereocenters. The van der Waals surface area contributed by atoms with Gasteiger partial charge in [0.15, 0.2) is 11.6 Å². The fourth-order valence-electron chi connectivity index (χ4n) is 19.7. The number of aliphatic hydroxyl groups excluding tert-OH is 2. The maximum atomic E-state index is 14.8. The number of fused-ring (bicyclic) bond motifs is 14. The number of ketones is 1. The van der Waals surface area contributed by atoms with E-state index in [1.165, 1.54) is 0 Å². The van der Waals surface area contributed by atoms with E-state index < -0.39 is 63.4 Å².